The largest absolute Gasteiger partial charge is 0.481 e. The van der Waals surface area contributed by atoms with Gasteiger partial charge in [-0.05, 0) is 43.0 Å². The maximum Gasteiger partial charge on any atom is 0.303 e. The van der Waals surface area contributed by atoms with Gasteiger partial charge in [-0.2, -0.15) is 5.26 Å². The summed E-state index contributed by atoms with van der Waals surface area (Å²) in [6.07, 6.45) is 2.11. The molecule has 0 aliphatic carbocycles. The van der Waals surface area contributed by atoms with Crippen molar-refractivity contribution in [1.82, 2.24) is 4.90 Å². The van der Waals surface area contributed by atoms with Crippen molar-refractivity contribution in [3.8, 4) is 6.07 Å². The second-order valence-corrected chi connectivity index (χ2v) is 5.13. The average molecular weight is 258 g/mol. The average Bonchev–Trinajstić information content (AvgIpc) is 2.84. The summed E-state index contributed by atoms with van der Waals surface area (Å²) in [6.45, 7) is 2.82. The molecule has 1 aliphatic rings. The fourth-order valence-corrected chi connectivity index (χ4v) is 2.62. The first-order valence-electron chi connectivity index (χ1n) is 6.60. The van der Waals surface area contributed by atoms with Gasteiger partial charge in [0.1, 0.15) is 0 Å². The van der Waals surface area contributed by atoms with Gasteiger partial charge in [0, 0.05) is 19.5 Å². The van der Waals surface area contributed by atoms with Crippen LogP contribution in [-0.4, -0.2) is 29.1 Å². The van der Waals surface area contributed by atoms with Crippen LogP contribution >= 0.6 is 0 Å². The number of carbonyl (C=O) groups is 1. The first kappa shape index (κ1) is 13.6. The fraction of sp³-hybridized carbons (Fsp3) is 0.467. The van der Waals surface area contributed by atoms with E-state index in [0.29, 0.717) is 11.5 Å². The Kier molecular flexibility index (Phi) is 4.53. The minimum absolute atomic E-state index is 0.266. The minimum Gasteiger partial charge on any atom is -0.481 e. The molecule has 0 aromatic heterocycles. The number of carboxylic acids is 1. The van der Waals surface area contributed by atoms with Gasteiger partial charge >= 0.3 is 5.97 Å². The molecular weight excluding hydrogens is 240 g/mol. The summed E-state index contributed by atoms with van der Waals surface area (Å²) in [5, 5.41) is 17.6. The number of aliphatic carboxylic acids is 1. The molecule has 1 saturated heterocycles. The summed E-state index contributed by atoms with van der Waals surface area (Å²) >= 11 is 0. The summed E-state index contributed by atoms with van der Waals surface area (Å²) in [5.74, 6) is -0.213. The van der Waals surface area contributed by atoms with E-state index in [9.17, 15) is 4.79 Å². The fourth-order valence-electron chi connectivity index (χ4n) is 2.62. The van der Waals surface area contributed by atoms with Gasteiger partial charge in [0.25, 0.3) is 0 Å². The number of carboxylic acid groups (broad SMARTS) is 1. The monoisotopic (exact) mass is 258 g/mol. The number of nitriles is 1. The van der Waals surface area contributed by atoms with Crippen LogP contribution in [-0.2, 0) is 11.3 Å². The molecule has 0 radical (unpaired) electrons. The quantitative estimate of drug-likeness (QED) is 0.879. The molecule has 4 nitrogen and oxygen atoms in total. The second-order valence-electron chi connectivity index (χ2n) is 5.13. The van der Waals surface area contributed by atoms with Crippen LogP contribution < -0.4 is 0 Å². The Morgan fingerprint density at radius 2 is 2.37 bits per heavy atom. The Morgan fingerprint density at radius 1 is 1.53 bits per heavy atom. The highest BCUT2D eigenvalue weighted by molar-refractivity contribution is 5.66. The van der Waals surface area contributed by atoms with E-state index in [1.807, 2.05) is 24.3 Å². The molecule has 0 saturated carbocycles. The second kappa shape index (κ2) is 6.35. The molecule has 1 aromatic rings. The Morgan fingerprint density at radius 3 is 3.11 bits per heavy atom. The van der Waals surface area contributed by atoms with Gasteiger partial charge in [0.05, 0.1) is 11.6 Å². The summed E-state index contributed by atoms with van der Waals surface area (Å²) < 4.78 is 0. The predicted octanol–water partition coefficient (Wildman–Crippen LogP) is 2.24. The van der Waals surface area contributed by atoms with Crippen molar-refractivity contribution in [3.63, 3.8) is 0 Å². The van der Waals surface area contributed by atoms with Crippen LogP contribution in [0.5, 0.6) is 0 Å². The van der Waals surface area contributed by atoms with Crippen LogP contribution in [0.15, 0.2) is 24.3 Å². The predicted molar refractivity (Wildman–Crippen MR) is 71.4 cm³/mol. The molecule has 1 unspecified atom stereocenters. The smallest absolute Gasteiger partial charge is 0.303 e. The van der Waals surface area contributed by atoms with E-state index in [2.05, 4.69) is 11.0 Å². The van der Waals surface area contributed by atoms with Gasteiger partial charge in [-0.3, -0.25) is 9.69 Å². The number of rotatable bonds is 5. The van der Waals surface area contributed by atoms with Crippen molar-refractivity contribution in [3.05, 3.63) is 35.4 Å². The molecule has 1 atom stereocenters. The van der Waals surface area contributed by atoms with Crippen LogP contribution in [0.1, 0.15) is 30.4 Å². The topological polar surface area (TPSA) is 64.3 Å². The highest BCUT2D eigenvalue weighted by atomic mass is 16.4. The molecular formula is C15H18N2O2. The van der Waals surface area contributed by atoms with Gasteiger partial charge < -0.3 is 5.11 Å². The van der Waals surface area contributed by atoms with E-state index >= 15 is 0 Å². The zero-order valence-electron chi connectivity index (χ0n) is 10.9. The third kappa shape index (κ3) is 4.08. The van der Waals surface area contributed by atoms with E-state index < -0.39 is 5.97 Å². The van der Waals surface area contributed by atoms with Crippen LogP contribution in [0, 0.1) is 17.2 Å². The lowest BCUT2D eigenvalue weighted by atomic mass is 10.0. The van der Waals surface area contributed by atoms with Gasteiger partial charge in [-0.15, -0.1) is 0 Å². The summed E-state index contributed by atoms with van der Waals surface area (Å²) in [4.78, 5) is 12.9. The first-order valence-corrected chi connectivity index (χ1v) is 6.60. The number of benzene rings is 1. The van der Waals surface area contributed by atoms with Gasteiger partial charge in [-0.25, -0.2) is 0 Å². The summed E-state index contributed by atoms with van der Waals surface area (Å²) in [5.41, 5.74) is 1.84. The molecule has 1 aliphatic heterocycles. The van der Waals surface area contributed by atoms with Crippen molar-refractivity contribution in [2.45, 2.75) is 25.8 Å². The molecule has 2 rings (SSSR count). The highest BCUT2D eigenvalue weighted by Crippen LogP contribution is 2.22. The van der Waals surface area contributed by atoms with Crippen molar-refractivity contribution in [1.29, 1.82) is 5.26 Å². The molecule has 0 bridgehead atoms. The number of hydrogen-bond acceptors (Lipinski definition) is 3. The standard InChI is InChI=1S/C15H18N2O2/c16-9-13-2-1-3-14(8-13)11-17-7-6-12(10-17)4-5-15(18)19/h1-3,8,12H,4-7,10-11H2,(H,18,19). The van der Waals surface area contributed by atoms with E-state index in [0.717, 1.165) is 38.0 Å². The molecule has 1 fully saturated rings. The number of hydrogen-bond donors (Lipinski definition) is 1. The van der Waals surface area contributed by atoms with Gasteiger partial charge in [-0.1, -0.05) is 12.1 Å². The Hall–Kier alpha value is -1.86. The van der Waals surface area contributed by atoms with Crippen LogP contribution in [0.4, 0.5) is 0 Å². The zero-order valence-corrected chi connectivity index (χ0v) is 10.9. The maximum atomic E-state index is 10.6. The maximum absolute atomic E-state index is 10.6. The minimum atomic E-state index is -0.708. The van der Waals surface area contributed by atoms with Crippen molar-refractivity contribution in [2.24, 2.45) is 5.92 Å². The third-order valence-corrected chi connectivity index (χ3v) is 3.60. The summed E-state index contributed by atoms with van der Waals surface area (Å²) in [7, 11) is 0. The molecule has 4 heteroatoms. The summed E-state index contributed by atoms with van der Waals surface area (Å²) in [6, 6.07) is 9.82. The van der Waals surface area contributed by atoms with Crippen LogP contribution in [0.3, 0.4) is 0 Å². The lowest BCUT2D eigenvalue weighted by Gasteiger charge is -2.16. The highest BCUT2D eigenvalue weighted by Gasteiger charge is 2.22. The molecule has 19 heavy (non-hydrogen) atoms. The van der Waals surface area contributed by atoms with E-state index in [1.54, 1.807) is 0 Å². The lowest BCUT2D eigenvalue weighted by molar-refractivity contribution is -0.137. The van der Waals surface area contributed by atoms with Gasteiger partial charge in [0.15, 0.2) is 0 Å². The third-order valence-electron chi connectivity index (χ3n) is 3.60. The molecule has 1 heterocycles. The lowest BCUT2D eigenvalue weighted by Crippen LogP contribution is -2.20. The van der Waals surface area contributed by atoms with Crippen molar-refractivity contribution >= 4 is 5.97 Å². The van der Waals surface area contributed by atoms with Crippen LogP contribution in [0.2, 0.25) is 0 Å². The van der Waals surface area contributed by atoms with Crippen molar-refractivity contribution < 1.29 is 9.90 Å². The normalized spacial score (nSPS) is 19.2. The Balaban J connectivity index is 1.84. The molecule has 0 amide bonds. The molecule has 100 valence electrons. The number of likely N-dealkylation sites (tertiary alicyclic amines) is 1. The SMILES string of the molecule is N#Cc1cccc(CN2CCC(CCC(=O)O)C2)c1. The van der Waals surface area contributed by atoms with E-state index in [-0.39, 0.29) is 6.42 Å². The van der Waals surface area contributed by atoms with E-state index in [1.165, 1.54) is 0 Å². The Bertz CT molecular complexity index is 493. The Labute approximate surface area is 113 Å². The number of nitrogens with zero attached hydrogens (tertiary/aromatic N) is 2. The molecule has 0 spiro atoms. The zero-order chi connectivity index (χ0) is 13.7. The first-order chi connectivity index (χ1) is 9.17. The molecule has 1 N–H and O–H groups in total. The van der Waals surface area contributed by atoms with Gasteiger partial charge in [0.2, 0.25) is 0 Å². The van der Waals surface area contributed by atoms with Crippen molar-refractivity contribution in [2.75, 3.05) is 13.1 Å². The van der Waals surface area contributed by atoms with E-state index in [4.69, 9.17) is 10.4 Å². The molecule has 1 aromatic carbocycles. The van der Waals surface area contributed by atoms with Crippen LogP contribution in [0.25, 0.3) is 0 Å².